The van der Waals surface area contributed by atoms with E-state index in [0.717, 1.165) is 18.4 Å². The van der Waals surface area contributed by atoms with Crippen LogP contribution in [0.4, 0.5) is 0 Å². The van der Waals surface area contributed by atoms with Gasteiger partial charge in [-0.15, -0.1) is 0 Å². The third-order valence-corrected chi connectivity index (χ3v) is 2.01. The van der Waals surface area contributed by atoms with E-state index >= 15 is 0 Å². The van der Waals surface area contributed by atoms with E-state index in [-0.39, 0.29) is 6.23 Å². The van der Waals surface area contributed by atoms with Gasteiger partial charge in [-0.1, -0.05) is 37.3 Å². The summed E-state index contributed by atoms with van der Waals surface area (Å²) in [6.45, 7) is 4.23. The third kappa shape index (κ3) is 4.61. The molecule has 3 nitrogen and oxygen atoms in total. The van der Waals surface area contributed by atoms with Crippen LogP contribution in [0.25, 0.3) is 0 Å². The first-order valence-electron chi connectivity index (χ1n) is 5.01. The van der Waals surface area contributed by atoms with Crippen LogP contribution in [0.2, 0.25) is 0 Å². The fourth-order valence-corrected chi connectivity index (χ4v) is 1.25. The average Bonchev–Trinajstić information content (AvgIpc) is 2.28. The van der Waals surface area contributed by atoms with Crippen molar-refractivity contribution in [2.45, 2.75) is 25.7 Å². The normalized spacial score (nSPS) is 12.1. The highest BCUT2D eigenvalue weighted by Crippen LogP contribution is 2.05. The van der Waals surface area contributed by atoms with Crippen LogP contribution in [0.1, 0.15) is 18.4 Å². The minimum atomic E-state index is -0.236. The molecular formula is C12H16NO2. The van der Waals surface area contributed by atoms with Crippen molar-refractivity contribution in [2.24, 2.45) is 0 Å². The van der Waals surface area contributed by atoms with Crippen molar-refractivity contribution in [1.82, 2.24) is 5.32 Å². The Balaban J connectivity index is 2.36. The van der Waals surface area contributed by atoms with E-state index in [1.807, 2.05) is 30.3 Å². The Bertz CT molecular complexity index is 274. The predicted molar refractivity (Wildman–Crippen MR) is 58.8 cm³/mol. The summed E-state index contributed by atoms with van der Waals surface area (Å²) in [6.07, 6.45) is 1.89. The summed E-state index contributed by atoms with van der Waals surface area (Å²) in [6, 6.07) is 9.86. The predicted octanol–water partition coefficient (Wildman–Crippen LogP) is 1.89. The molecule has 1 radical (unpaired) electrons. The molecule has 0 saturated heterocycles. The zero-order valence-corrected chi connectivity index (χ0v) is 8.69. The van der Waals surface area contributed by atoms with Crippen LogP contribution < -0.4 is 5.32 Å². The topological polar surface area (TPSA) is 38.3 Å². The number of carbonyl (C=O) groups excluding carboxylic acids is 1. The summed E-state index contributed by atoms with van der Waals surface area (Å²) in [5.74, 6) is 0. The van der Waals surface area contributed by atoms with E-state index < -0.39 is 0 Å². The summed E-state index contributed by atoms with van der Waals surface area (Å²) in [5, 5.41) is 2.61. The molecule has 0 aliphatic heterocycles. The molecule has 0 aliphatic carbocycles. The lowest BCUT2D eigenvalue weighted by atomic mass is 10.2. The van der Waals surface area contributed by atoms with Gasteiger partial charge in [-0.2, -0.15) is 0 Å². The number of carbonyl (C=O) groups is 1. The molecule has 0 bridgehead atoms. The Kier molecular flexibility index (Phi) is 5.48. The number of hydrogen-bond donors (Lipinski definition) is 1. The number of benzene rings is 1. The smallest absolute Gasteiger partial charge is 0.209 e. The maximum Gasteiger partial charge on any atom is 0.209 e. The zero-order chi connectivity index (χ0) is 10.9. The van der Waals surface area contributed by atoms with Crippen molar-refractivity contribution in [3.63, 3.8) is 0 Å². The summed E-state index contributed by atoms with van der Waals surface area (Å²) in [7, 11) is 0. The minimum Gasteiger partial charge on any atom is -0.354 e. The van der Waals surface area contributed by atoms with Crippen LogP contribution in [0.3, 0.4) is 0 Å². The van der Waals surface area contributed by atoms with Gasteiger partial charge in [-0.05, 0) is 18.4 Å². The van der Waals surface area contributed by atoms with Gasteiger partial charge in [0.05, 0.1) is 6.61 Å². The number of amides is 1. The SMILES string of the molecule is [CH2]CCC(NC=O)OCc1ccccc1. The second-order valence-electron chi connectivity index (χ2n) is 3.21. The molecule has 15 heavy (non-hydrogen) atoms. The van der Waals surface area contributed by atoms with Gasteiger partial charge in [0.2, 0.25) is 6.41 Å². The largest absolute Gasteiger partial charge is 0.354 e. The molecule has 1 N–H and O–H groups in total. The summed E-state index contributed by atoms with van der Waals surface area (Å²) >= 11 is 0. The van der Waals surface area contributed by atoms with Crippen molar-refractivity contribution in [3.8, 4) is 0 Å². The van der Waals surface area contributed by atoms with Gasteiger partial charge >= 0.3 is 0 Å². The fourth-order valence-electron chi connectivity index (χ4n) is 1.25. The van der Waals surface area contributed by atoms with E-state index in [1.165, 1.54) is 0 Å². The summed E-state index contributed by atoms with van der Waals surface area (Å²) in [4.78, 5) is 10.3. The Labute approximate surface area is 90.4 Å². The quantitative estimate of drug-likeness (QED) is 0.546. The van der Waals surface area contributed by atoms with Crippen molar-refractivity contribution >= 4 is 6.41 Å². The Morgan fingerprint density at radius 2 is 2.13 bits per heavy atom. The molecule has 1 rings (SSSR count). The van der Waals surface area contributed by atoms with Gasteiger partial charge in [-0.25, -0.2) is 0 Å². The molecule has 0 heterocycles. The molecule has 1 amide bonds. The molecule has 1 aromatic rings. The Hall–Kier alpha value is -1.35. The van der Waals surface area contributed by atoms with Gasteiger partial charge in [0, 0.05) is 0 Å². The molecule has 1 atom stereocenters. The molecule has 1 unspecified atom stereocenters. The van der Waals surface area contributed by atoms with E-state index in [2.05, 4.69) is 12.2 Å². The van der Waals surface area contributed by atoms with Crippen LogP contribution in [0, 0.1) is 6.92 Å². The summed E-state index contributed by atoms with van der Waals surface area (Å²) < 4.78 is 5.53. The van der Waals surface area contributed by atoms with Gasteiger partial charge in [0.1, 0.15) is 6.23 Å². The molecule has 0 aromatic heterocycles. The minimum absolute atomic E-state index is 0.236. The third-order valence-electron chi connectivity index (χ3n) is 2.01. The highest BCUT2D eigenvalue weighted by Gasteiger charge is 2.05. The van der Waals surface area contributed by atoms with Crippen LogP contribution in [0.5, 0.6) is 0 Å². The summed E-state index contributed by atoms with van der Waals surface area (Å²) in [5.41, 5.74) is 1.10. The van der Waals surface area contributed by atoms with Crippen molar-refractivity contribution < 1.29 is 9.53 Å². The van der Waals surface area contributed by atoms with E-state index in [4.69, 9.17) is 4.74 Å². The monoisotopic (exact) mass is 206 g/mol. The first-order chi connectivity index (χ1) is 7.36. The van der Waals surface area contributed by atoms with Gasteiger partial charge in [0.15, 0.2) is 0 Å². The van der Waals surface area contributed by atoms with Gasteiger partial charge in [0.25, 0.3) is 0 Å². The number of hydrogen-bond acceptors (Lipinski definition) is 2. The molecule has 0 aliphatic rings. The lowest BCUT2D eigenvalue weighted by Gasteiger charge is -2.15. The first-order valence-corrected chi connectivity index (χ1v) is 5.01. The van der Waals surface area contributed by atoms with Crippen LogP contribution >= 0.6 is 0 Å². The van der Waals surface area contributed by atoms with E-state index in [9.17, 15) is 4.79 Å². The highest BCUT2D eigenvalue weighted by atomic mass is 16.5. The second-order valence-corrected chi connectivity index (χ2v) is 3.21. The molecule has 3 heteroatoms. The van der Waals surface area contributed by atoms with Crippen LogP contribution in [-0.4, -0.2) is 12.6 Å². The van der Waals surface area contributed by atoms with Crippen LogP contribution in [-0.2, 0) is 16.1 Å². The highest BCUT2D eigenvalue weighted by molar-refractivity contribution is 5.46. The van der Waals surface area contributed by atoms with Crippen molar-refractivity contribution in [1.29, 1.82) is 0 Å². The lowest BCUT2D eigenvalue weighted by molar-refractivity contribution is -0.114. The lowest BCUT2D eigenvalue weighted by Crippen LogP contribution is -2.30. The Morgan fingerprint density at radius 1 is 1.40 bits per heavy atom. The second kappa shape index (κ2) is 7.01. The number of ether oxygens (including phenoxy) is 1. The number of nitrogens with one attached hydrogen (secondary N) is 1. The standard InChI is InChI=1S/C12H16NO2/c1-2-6-12(13-10-14)15-9-11-7-4-3-5-8-11/h3-5,7-8,10,12H,1-2,6,9H2,(H,13,14). The molecular weight excluding hydrogens is 190 g/mol. The van der Waals surface area contributed by atoms with Gasteiger partial charge < -0.3 is 10.1 Å². The van der Waals surface area contributed by atoms with Gasteiger partial charge in [-0.3, -0.25) is 4.79 Å². The molecule has 81 valence electrons. The molecule has 1 aromatic carbocycles. The maximum atomic E-state index is 10.3. The molecule has 0 spiro atoms. The van der Waals surface area contributed by atoms with Crippen molar-refractivity contribution in [3.05, 3.63) is 42.8 Å². The first kappa shape index (κ1) is 11.7. The van der Waals surface area contributed by atoms with E-state index in [0.29, 0.717) is 13.0 Å². The van der Waals surface area contributed by atoms with E-state index in [1.54, 1.807) is 0 Å². The average molecular weight is 206 g/mol. The van der Waals surface area contributed by atoms with Crippen LogP contribution in [0.15, 0.2) is 30.3 Å². The maximum absolute atomic E-state index is 10.3. The molecule has 0 saturated carbocycles. The zero-order valence-electron chi connectivity index (χ0n) is 8.69. The Morgan fingerprint density at radius 3 is 2.73 bits per heavy atom. The van der Waals surface area contributed by atoms with Crippen molar-refractivity contribution in [2.75, 3.05) is 0 Å². The number of rotatable bonds is 7. The molecule has 0 fully saturated rings. The fraction of sp³-hybridized carbons (Fsp3) is 0.333.